The molecule has 27 heavy (non-hydrogen) atoms. The first-order valence-electron chi connectivity index (χ1n) is 9.41. The summed E-state index contributed by atoms with van der Waals surface area (Å²) < 4.78 is 11.9. The third-order valence-corrected chi connectivity index (χ3v) is 5.12. The highest BCUT2D eigenvalue weighted by Crippen LogP contribution is 2.22. The molecule has 6 nitrogen and oxygen atoms in total. The van der Waals surface area contributed by atoms with Gasteiger partial charge >= 0.3 is 0 Å². The van der Waals surface area contributed by atoms with Crippen LogP contribution in [0.25, 0.3) is 10.2 Å². The Morgan fingerprint density at radius 2 is 2.07 bits per heavy atom. The molecule has 0 saturated heterocycles. The molecule has 0 radical (unpaired) electrons. The third-order valence-electron chi connectivity index (χ3n) is 4.02. The first kappa shape index (κ1) is 21.8. The van der Waals surface area contributed by atoms with Crippen molar-refractivity contribution in [2.24, 2.45) is 0 Å². The lowest BCUT2D eigenvalue weighted by Gasteiger charge is -2.21. The first-order chi connectivity index (χ1) is 13.0. The van der Waals surface area contributed by atoms with Crippen LogP contribution < -0.4 is 0 Å². The van der Waals surface area contributed by atoms with Crippen LogP contribution in [0, 0.1) is 0 Å². The first-order valence-corrected chi connectivity index (χ1v) is 10.2. The number of carbonyl (C=O) groups excluding carboxylic acids is 1. The quantitative estimate of drug-likeness (QED) is 0.561. The molecule has 0 fully saturated rings. The van der Waals surface area contributed by atoms with E-state index in [2.05, 4.69) is 11.1 Å². The fourth-order valence-corrected chi connectivity index (χ4v) is 3.65. The van der Waals surface area contributed by atoms with Gasteiger partial charge in [0.05, 0.1) is 47.3 Å². The number of nitrogens with zero attached hydrogens (tertiary/aromatic N) is 2. The Balaban J connectivity index is 1.61. The molecule has 0 aliphatic carbocycles. The number of ether oxygens (including phenoxy) is 2. The maximum absolute atomic E-state index is 12.2. The Morgan fingerprint density at radius 3 is 2.81 bits per heavy atom. The van der Waals surface area contributed by atoms with Gasteiger partial charge in [-0.25, -0.2) is 4.98 Å². The van der Waals surface area contributed by atoms with Crippen molar-refractivity contribution >= 4 is 27.5 Å². The lowest BCUT2D eigenvalue weighted by molar-refractivity contribution is -0.131. The lowest BCUT2D eigenvalue weighted by Crippen LogP contribution is -2.36. The van der Waals surface area contributed by atoms with Crippen molar-refractivity contribution in [1.82, 2.24) is 9.88 Å². The number of para-hydroxylation sites is 1. The van der Waals surface area contributed by atoms with Crippen LogP contribution in [0.3, 0.4) is 0 Å². The van der Waals surface area contributed by atoms with Crippen molar-refractivity contribution in [2.45, 2.75) is 45.3 Å². The number of aromatic nitrogens is 1. The van der Waals surface area contributed by atoms with Gasteiger partial charge in [0, 0.05) is 20.0 Å². The summed E-state index contributed by atoms with van der Waals surface area (Å²) >= 11 is 1.68. The molecule has 2 rings (SSSR count). The number of aryl methyl sites for hydroxylation is 1. The average Bonchev–Trinajstić information content (AvgIpc) is 3.03. The standard InChI is InChI=1S/C20H30N2O4S/c1-15(2)26-12-11-25-14-16(23)13-22(3)20(24)10-6-9-19-21-17-7-4-5-8-18(17)27-19/h4-5,7-8,15-16,23H,6,9-14H2,1-3H3/t16-/m0/s1. The SMILES string of the molecule is CC(C)OCCOC[C@@H](O)CN(C)C(=O)CCCc1nc2ccccc2s1. The number of fused-ring (bicyclic) bond motifs is 1. The molecule has 1 atom stereocenters. The van der Waals surface area contributed by atoms with Gasteiger partial charge in [0.25, 0.3) is 0 Å². The van der Waals surface area contributed by atoms with E-state index in [1.807, 2.05) is 32.0 Å². The van der Waals surface area contributed by atoms with Gasteiger partial charge in [-0.2, -0.15) is 0 Å². The Bertz CT molecular complexity index is 671. The second-order valence-electron chi connectivity index (χ2n) is 6.85. The van der Waals surface area contributed by atoms with Crippen LogP contribution in [0.5, 0.6) is 0 Å². The van der Waals surface area contributed by atoms with Crippen LogP contribution in [0.4, 0.5) is 0 Å². The van der Waals surface area contributed by atoms with Crippen LogP contribution in [-0.2, 0) is 20.7 Å². The number of thiazole rings is 1. The minimum absolute atomic E-state index is 0.0262. The van der Waals surface area contributed by atoms with Crippen molar-refractivity contribution in [3.05, 3.63) is 29.3 Å². The second kappa shape index (κ2) is 11.3. The van der Waals surface area contributed by atoms with E-state index in [4.69, 9.17) is 9.47 Å². The van der Waals surface area contributed by atoms with Gasteiger partial charge in [-0.3, -0.25) is 4.79 Å². The Hall–Kier alpha value is -1.54. The molecule has 1 amide bonds. The summed E-state index contributed by atoms with van der Waals surface area (Å²) in [5, 5.41) is 11.1. The predicted octanol–water partition coefficient (Wildman–Crippen LogP) is 2.88. The van der Waals surface area contributed by atoms with Gasteiger partial charge < -0.3 is 19.5 Å². The normalized spacial score (nSPS) is 12.6. The largest absolute Gasteiger partial charge is 0.389 e. The van der Waals surface area contributed by atoms with E-state index in [0.717, 1.165) is 23.4 Å². The van der Waals surface area contributed by atoms with Crippen LogP contribution in [0.1, 0.15) is 31.7 Å². The molecule has 0 aliphatic heterocycles. The van der Waals surface area contributed by atoms with Crippen LogP contribution in [0.15, 0.2) is 24.3 Å². The molecule has 0 spiro atoms. The molecule has 0 aliphatic rings. The van der Waals surface area contributed by atoms with E-state index < -0.39 is 6.10 Å². The molecule has 0 bridgehead atoms. The van der Waals surface area contributed by atoms with Crippen molar-refractivity contribution in [1.29, 1.82) is 0 Å². The maximum Gasteiger partial charge on any atom is 0.222 e. The van der Waals surface area contributed by atoms with Gasteiger partial charge in [0.1, 0.15) is 0 Å². The number of aliphatic hydroxyl groups is 1. The molecule has 1 heterocycles. The summed E-state index contributed by atoms with van der Waals surface area (Å²) in [6, 6.07) is 8.06. The zero-order valence-corrected chi connectivity index (χ0v) is 17.2. The Morgan fingerprint density at radius 1 is 1.30 bits per heavy atom. The number of aliphatic hydroxyl groups excluding tert-OH is 1. The van der Waals surface area contributed by atoms with Gasteiger partial charge in [-0.15, -0.1) is 11.3 Å². The number of hydrogen-bond acceptors (Lipinski definition) is 6. The van der Waals surface area contributed by atoms with Crippen LogP contribution in [0.2, 0.25) is 0 Å². The van der Waals surface area contributed by atoms with Gasteiger partial charge in [-0.1, -0.05) is 12.1 Å². The number of benzene rings is 1. The highest BCUT2D eigenvalue weighted by atomic mass is 32.1. The average molecular weight is 395 g/mol. The zero-order valence-electron chi connectivity index (χ0n) is 16.4. The highest BCUT2D eigenvalue weighted by Gasteiger charge is 2.14. The van der Waals surface area contributed by atoms with E-state index in [9.17, 15) is 9.90 Å². The van der Waals surface area contributed by atoms with Gasteiger partial charge in [0.2, 0.25) is 5.91 Å². The van der Waals surface area contributed by atoms with E-state index in [1.165, 1.54) is 4.70 Å². The van der Waals surface area contributed by atoms with Crippen molar-refractivity contribution in [2.75, 3.05) is 33.4 Å². The fourth-order valence-electron chi connectivity index (χ4n) is 2.64. The Labute approximate surface area is 165 Å². The van der Waals surface area contributed by atoms with E-state index >= 15 is 0 Å². The zero-order chi connectivity index (χ0) is 19.6. The predicted molar refractivity (Wildman–Crippen MR) is 108 cm³/mol. The molecule has 1 N–H and O–H groups in total. The molecule has 2 aromatic rings. The summed E-state index contributed by atoms with van der Waals surface area (Å²) in [6.07, 6.45) is 1.47. The molecular weight excluding hydrogens is 364 g/mol. The number of likely N-dealkylation sites (N-methyl/N-ethyl adjacent to an activating group) is 1. The number of carbonyl (C=O) groups is 1. The molecule has 150 valence electrons. The topological polar surface area (TPSA) is 71.9 Å². The van der Waals surface area contributed by atoms with Crippen molar-refractivity contribution in [3.8, 4) is 0 Å². The summed E-state index contributed by atoms with van der Waals surface area (Å²) in [5.41, 5.74) is 1.02. The third kappa shape index (κ3) is 7.92. The molecule has 7 heteroatoms. The lowest BCUT2D eigenvalue weighted by atomic mass is 10.2. The molecule has 1 aromatic heterocycles. The van der Waals surface area contributed by atoms with Gasteiger partial charge in [0.15, 0.2) is 0 Å². The Kier molecular flexibility index (Phi) is 9.14. The van der Waals surface area contributed by atoms with Crippen molar-refractivity contribution in [3.63, 3.8) is 0 Å². The van der Waals surface area contributed by atoms with E-state index in [0.29, 0.717) is 19.6 Å². The summed E-state index contributed by atoms with van der Waals surface area (Å²) in [7, 11) is 1.71. The highest BCUT2D eigenvalue weighted by molar-refractivity contribution is 7.18. The molecular formula is C20H30N2O4S. The number of rotatable bonds is 12. The smallest absolute Gasteiger partial charge is 0.222 e. The minimum Gasteiger partial charge on any atom is -0.389 e. The van der Waals surface area contributed by atoms with E-state index in [-0.39, 0.29) is 25.2 Å². The summed E-state index contributed by atoms with van der Waals surface area (Å²) in [6.45, 7) is 5.34. The molecule has 0 saturated carbocycles. The summed E-state index contributed by atoms with van der Waals surface area (Å²) in [5.74, 6) is 0.0262. The number of amides is 1. The molecule has 0 unspecified atom stereocenters. The number of hydrogen-bond donors (Lipinski definition) is 1. The summed E-state index contributed by atoms with van der Waals surface area (Å²) in [4.78, 5) is 18.4. The second-order valence-corrected chi connectivity index (χ2v) is 7.97. The monoisotopic (exact) mass is 394 g/mol. The molecule has 1 aromatic carbocycles. The maximum atomic E-state index is 12.2. The fraction of sp³-hybridized carbons (Fsp3) is 0.600. The van der Waals surface area contributed by atoms with Gasteiger partial charge in [-0.05, 0) is 38.8 Å². The van der Waals surface area contributed by atoms with E-state index in [1.54, 1.807) is 23.3 Å². The van der Waals surface area contributed by atoms with Crippen LogP contribution in [-0.4, -0.2) is 66.5 Å². The minimum atomic E-state index is -0.692. The van der Waals surface area contributed by atoms with Crippen molar-refractivity contribution < 1.29 is 19.4 Å². The van der Waals surface area contributed by atoms with Crippen LogP contribution >= 0.6 is 11.3 Å².